The summed E-state index contributed by atoms with van der Waals surface area (Å²) in [5.41, 5.74) is -0.962. The third-order valence-corrected chi connectivity index (χ3v) is 3.53. The van der Waals surface area contributed by atoms with E-state index < -0.39 is 35.6 Å². The second-order valence-electron chi connectivity index (χ2n) is 8.88. The second kappa shape index (κ2) is 9.93. The van der Waals surface area contributed by atoms with Crippen LogP contribution in [0.5, 0.6) is 0 Å². The molecule has 4 N–H and O–H groups in total. The lowest BCUT2D eigenvalue weighted by Gasteiger charge is -2.21. The van der Waals surface area contributed by atoms with E-state index in [4.69, 9.17) is 19.7 Å². The molecule has 2 aliphatic rings. The van der Waals surface area contributed by atoms with Crippen molar-refractivity contribution in [2.24, 2.45) is 0 Å². The maximum absolute atomic E-state index is 11.3. The minimum absolute atomic E-state index is 0.111. The minimum atomic E-state index is -0.481. The fraction of sp³-hybridized carbons (Fsp3) is 0.700. The van der Waals surface area contributed by atoms with Crippen LogP contribution >= 0.6 is 0 Å². The quantitative estimate of drug-likeness (QED) is 0.531. The number of ether oxygens (including phenoxy) is 2. The van der Waals surface area contributed by atoms with E-state index in [1.165, 1.54) is 0 Å². The van der Waals surface area contributed by atoms with Gasteiger partial charge in [-0.3, -0.25) is 0 Å². The number of aliphatic hydroxyl groups is 2. The summed E-state index contributed by atoms with van der Waals surface area (Å²) in [6.07, 6.45) is 6.15. The standard InChI is InChI=1S/2C10H17NO3/c2*1-10(2,3)14-9(13)11-7-4-5-8(12)6-7/h2*4-5,7-8,12H,6H2,1-3H3,(H,11,13)/t2*7-,8+/m10/s1. The Morgan fingerprint density at radius 3 is 1.29 bits per heavy atom. The molecule has 0 bridgehead atoms. The topological polar surface area (TPSA) is 117 Å². The fourth-order valence-electron chi connectivity index (χ4n) is 2.49. The van der Waals surface area contributed by atoms with Gasteiger partial charge in [0.25, 0.3) is 0 Å². The van der Waals surface area contributed by atoms with Crippen molar-refractivity contribution >= 4 is 12.2 Å². The number of nitrogens with one attached hydrogen (secondary N) is 2. The van der Waals surface area contributed by atoms with Gasteiger partial charge in [-0.2, -0.15) is 0 Å². The molecule has 8 heteroatoms. The lowest BCUT2D eigenvalue weighted by atomic mass is 10.2. The Hall–Kier alpha value is -2.06. The van der Waals surface area contributed by atoms with Crippen molar-refractivity contribution in [3.8, 4) is 0 Å². The van der Waals surface area contributed by atoms with Gasteiger partial charge in [-0.05, 0) is 41.5 Å². The molecule has 2 aliphatic carbocycles. The van der Waals surface area contributed by atoms with Gasteiger partial charge in [-0.1, -0.05) is 24.3 Å². The Morgan fingerprint density at radius 1 is 0.750 bits per heavy atom. The molecule has 0 aromatic rings. The number of carbonyl (C=O) groups excluding carboxylic acids is 2. The van der Waals surface area contributed by atoms with E-state index in [1.54, 1.807) is 24.3 Å². The monoisotopic (exact) mass is 398 g/mol. The highest BCUT2D eigenvalue weighted by atomic mass is 16.6. The average molecular weight is 399 g/mol. The summed E-state index contributed by atoms with van der Waals surface area (Å²) in [6, 6.07) is -0.223. The van der Waals surface area contributed by atoms with Gasteiger partial charge < -0.3 is 30.3 Å². The maximum Gasteiger partial charge on any atom is 0.408 e. The van der Waals surface area contributed by atoms with Gasteiger partial charge in [0.15, 0.2) is 0 Å². The number of amides is 2. The Labute approximate surface area is 167 Å². The van der Waals surface area contributed by atoms with Gasteiger partial charge in [0.1, 0.15) is 11.2 Å². The number of alkyl carbamates (subject to hydrolysis) is 2. The van der Waals surface area contributed by atoms with Crippen LogP contribution in [0.4, 0.5) is 9.59 Å². The molecule has 0 heterocycles. The largest absolute Gasteiger partial charge is 0.444 e. The van der Waals surface area contributed by atoms with E-state index in [1.807, 2.05) is 41.5 Å². The first-order valence-electron chi connectivity index (χ1n) is 9.45. The normalized spacial score (nSPS) is 26.3. The van der Waals surface area contributed by atoms with Crippen LogP contribution in [0.3, 0.4) is 0 Å². The number of hydrogen-bond acceptors (Lipinski definition) is 6. The summed E-state index contributed by atoms with van der Waals surface area (Å²) in [6.45, 7) is 10.9. The number of rotatable bonds is 2. The van der Waals surface area contributed by atoms with Crippen molar-refractivity contribution < 1.29 is 29.3 Å². The Balaban J connectivity index is 0.000000280. The van der Waals surface area contributed by atoms with Crippen molar-refractivity contribution in [2.45, 2.75) is 89.9 Å². The van der Waals surface area contributed by atoms with Crippen LogP contribution in [0.15, 0.2) is 24.3 Å². The first-order chi connectivity index (χ1) is 12.7. The van der Waals surface area contributed by atoms with Crippen molar-refractivity contribution in [3.63, 3.8) is 0 Å². The molecule has 0 saturated heterocycles. The van der Waals surface area contributed by atoms with Gasteiger partial charge in [0.2, 0.25) is 0 Å². The van der Waals surface area contributed by atoms with E-state index in [9.17, 15) is 9.59 Å². The van der Waals surface area contributed by atoms with E-state index in [0.29, 0.717) is 12.8 Å². The lowest BCUT2D eigenvalue weighted by Crippen LogP contribution is -2.38. The van der Waals surface area contributed by atoms with Crippen molar-refractivity contribution in [1.29, 1.82) is 0 Å². The van der Waals surface area contributed by atoms with Crippen molar-refractivity contribution in [3.05, 3.63) is 24.3 Å². The summed E-state index contributed by atoms with van der Waals surface area (Å²) in [7, 11) is 0. The van der Waals surface area contributed by atoms with Gasteiger partial charge >= 0.3 is 12.2 Å². The third kappa shape index (κ3) is 10.9. The molecule has 0 aromatic carbocycles. The molecule has 2 rings (SSSR count). The Kier molecular flexibility index (Phi) is 8.50. The molecule has 0 aromatic heterocycles. The highest BCUT2D eigenvalue weighted by Gasteiger charge is 2.23. The second-order valence-corrected chi connectivity index (χ2v) is 8.88. The van der Waals surface area contributed by atoms with E-state index in [0.717, 1.165) is 0 Å². The van der Waals surface area contributed by atoms with E-state index in [2.05, 4.69) is 10.6 Å². The predicted octanol–water partition coefficient (Wildman–Crippen LogP) is 2.40. The van der Waals surface area contributed by atoms with E-state index in [-0.39, 0.29) is 12.1 Å². The fourth-order valence-corrected chi connectivity index (χ4v) is 2.49. The number of hydrogen-bond donors (Lipinski definition) is 4. The van der Waals surface area contributed by atoms with Crippen molar-refractivity contribution in [2.75, 3.05) is 0 Å². The highest BCUT2D eigenvalue weighted by molar-refractivity contribution is 5.69. The summed E-state index contributed by atoms with van der Waals surface area (Å²) < 4.78 is 10.1. The molecule has 0 unspecified atom stereocenters. The molecule has 4 atom stereocenters. The SMILES string of the molecule is CC(C)(C)OC(=O)N[C@@H]1C=C[C@H](O)C1.CC(C)(C)OC(=O)N[C@H]1C=C[C@@H](O)C1. The van der Waals surface area contributed by atoms with Gasteiger partial charge in [-0.25, -0.2) is 9.59 Å². The summed E-state index contributed by atoms with van der Waals surface area (Å²) >= 11 is 0. The molecule has 160 valence electrons. The average Bonchev–Trinajstić information content (AvgIpc) is 3.04. The maximum atomic E-state index is 11.3. The van der Waals surface area contributed by atoms with Crippen LogP contribution in [0.25, 0.3) is 0 Å². The molecule has 0 fully saturated rings. The number of aliphatic hydroxyl groups excluding tert-OH is 2. The molecule has 8 nitrogen and oxygen atoms in total. The van der Waals surface area contributed by atoms with Crippen LogP contribution < -0.4 is 10.6 Å². The Morgan fingerprint density at radius 2 is 1.07 bits per heavy atom. The van der Waals surface area contributed by atoms with Gasteiger partial charge in [0.05, 0.1) is 24.3 Å². The molecular formula is C20H34N2O6. The molecule has 0 radical (unpaired) electrons. The third-order valence-electron chi connectivity index (χ3n) is 3.53. The van der Waals surface area contributed by atoms with Crippen LogP contribution in [-0.2, 0) is 9.47 Å². The molecule has 28 heavy (non-hydrogen) atoms. The first-order valence-corrected chi connectivity index (χ1v) is 9.45. The van der Waals surface area contributed by atoms with Gasteiger partial charge in [0, 0.05) is 12.8 Å². The van der Waals surface area contributed by atoms with E-state index >= 15 is 0 Å². The summed E-state index contributed by atoms with van der Waals surface area (Å²) in [5.74, 6) is 0. The Bertz CT molecular complexity index is 536. The molecular weight excluding hydrogens is 364 g/mol. The van der Waals surface area contributed by atoms with Crippen LogP contribution in [0.1, 0.15) is 54.4 Å². The molecule has 2 amide bonds. The summed E-state index contributed by atoms with van der Waals surface area (Å²) in [4.78, 5) is 22.5. The highest BCUT2D eigenvalue weighted by Crippen LogP contribution is 2.13. The molecule has 0 spiro atoms. The zero-order valence-corrected chi connectivity index (χ0v) is 17.6. The zero-order valence-electron chi connectivity index (χ0n) is 17.6. The lowest BCUT2D eigenvalue weighted by molar-refractivity contribution is 0.0496. The minimum Gasteiger partial charge on any atom is -0.444 e. The van der Waals surface area contributed by atoms with Crippen LogP contribution in [0.2, 0.25) is 0 Å². The summed E-state index contributed by atoms with van der Waals surface area (Å²) in [5, 5.41) is 23.6. The van der Waals surface area contributed by atoms with Crippen LogP contribution in [0, 0.1) is 0 Å². The van der Waals surface area contributed by atoms with Gasteiger partial charge in [-0.15, -0.1) is 0 Å². The predicted molar refractivity (Wildman–Crippen MR) is 106 cm³/mol. The van der Waals surface area contributed by atoms with Crippen molar-refractivity contribution in [1.82, 2.24) is 10.6 Å². The molecule has 0 aliphatic heterocycles. The number of carbonyl (C=O) groups is 2. The zero-order chi connectivity index (χ0) is 21.5. The van der Waals surface area contributed by atoms with Crippen LogP contribution in [-0.4, -0.2) is 57.9 Å². The molecule has 0 saturated carbocycles. The first kappa shape index (κ1) is 24.0. The smallest absolute Gasteiger partial charge is 0.408 e.